The minimum atomic E-state index is -1.17. The van der Waals surface area contributed by atoms with Crippen LogP contribution < -0.4 is 5.32 Å². The van der Waals surface area contributed by atoms with Gasteiger partial charge in [0.15, 0.2) is 0 Å². The lowest BCUT2D eigenvalue weighted by atomic mass is 9.93. The van der Waals surface area contributed by atoms with E-state index >= 15 is 0 Å². The highest BCUT2D eigenvalue weighted by Crippen LogP contribution is 2.30. The van der Waals surface area contributed by atoms with Gasteiger partial charge in [-0.1, -0.05) is 43.7 Å². The molecule has 3 nitrogen and oxygen atoms in total. The van der Waals surface area contributed by atoms with E-state index in [9.17, 15) is 5.11 Å². The maximum absolute atomic E-state index is 10.6. The van der Waals surface area contributed by atoms with E-state index in [0.717, 1.165) is 24.9 Å². The Morgan fingerprint density at radius 2 is 2.19 bits per heavy atom. The third kappa shape index (κ3) is 2.12. The lowest BCUT2D eigenvalue weighted by molar-refractivity contribution is -0.249. The molecule has 1 aliphatic rings. The predicted molar refractivity (Wildman–Crippen MR) is 63.0 cm³/mol. The Bertz CT molecular complexity index is 326. The zero-order chi connectivity index (χ0) is 11.4. The van der Waals surface area contributed by atoms with Crippen molar-refractivity contribution in [1.82, 2.24) is 5.32 Å². The molecule has 2 rings (SSSR count). The van der Waals surface area contributed by atoms with Crippen molar-refractivity contribution in [3.63, 3.8) is 0 Å². The van der Waals surface area contributed by atoms with Gasteiger partial charge in [-0.25, -0.2) is 0 Å². The summed E-state index contributed by atoms with van der Waals surface area (Å²) in [5.74, 6) is -1.17. The van der Waals surface area contributed by atoms with E-state index in [1.165, 1.54) is 0 Å². The maximum Gasteiger partial charge on any atom is 0.208 e. The van der Waals surface area contributed by atoms with Crippen molar-refractivity contribution in [3.8, 4) is 0 Å². The Morgan fingerprint density at radius 3 is 2.88 bits per heavy atom. The molecule has 2 atom stereocenters. The number of benzene rings is 1. The van der Waals surface area contributed by atoms with Crippen LogP contribution in [0.15, 0.2) is 30.3 Å². The van der Waals surface area contributed by atoms with E-state index < -0.39 is 5.79 Å². The monoisotopic (exact) mass is 221 g/mol. The number of hydrogen-bond acceptors (Lipinski definition) is 3. The Morgan fingerprint density at radius 1 is 1.44 bits per heavy atom. The summed E-state index contributed by atoms with van der Waals surface area (Å²) in [4.78, 5) is 0. The van der Waals surface area contributed by atoms with Crippen molar-refractivity contribution in [1.29, 1.82) is 0 Å². The standard InChI is InChI=1S/C13H19NO2/c1-2-6-12-13(15,16-10-9-14-12)11-7-4-3-5-8-11/h3-5,7-8,12,14-15H,2,6,9-10H2,1H3. The van der Waals surface area contributed by atoms with E-state index in [4.69, 9.17) is 4.74 Å². The summed E-state index contributed by atoms with van der Waals surface area (Å²) in [6.45, 7) is 3.47. The summed E-state index contributed by atoms with van der Waals surface area (Å²) < 4.78 is 5.61. The van der Waals surface area contributed by atoms with Gasteiger partial charge >= 0.3 is 0 Å². The summed E-state index contributed by atoms with van der Waals surface area (Å²) in [7, 11) is 0. The van der Waals surface area contributed by atoms with Crippen LogP contribution in [0.25, 0.3) is 0 Å². The SMILES string of the molecule is CCCC1NCCOC1(O)c1ccccc1. The van der Waals surface area contributed by atoms with Gasteiger partial charge in [-0.15, -0.1) is 0 Å². The second-order valence-electron chi connectivity index (χ2n) is 4.21. The second kappa shape index (κ2) is 4.95. The van der Waals surface area contributed by atoms with Crippen molar-refractivity contribution in [2.45, 2.75) is 31.6 Å². The van der Waals surface area contributed by atoms with Gasteiger partial charge in [0.05, 0.1) is 12.6 Å². The predicted octanol–water partition coefficient (Wildman–Crippen LogP) is 1.62. The normalized spacial score (nSPS) is 30.2. The molecule has 0 amide bonds. The highest BCUT2D eigenvalue weighted by molar-refractivity contribution is 5.22. The fraction of sp³-hybridized carbons (Fsp3) is 0.538. The molecule has 0 spiro atoms. The summed E-state index contributed by atoms with van der Waals surface area (Å²) in [5, 5.41) is 14.0. The van der Waals surface area contributed by atoms with Crippen molar-refractivity contribution in [2.24, 2.45) is 0 Å². The molecule has 3 heteroatoms. The number of morpholine rings is 1. The zero-order valence-corrected chi connectivity index (χ0v) is 9.65. The lowest BCUT2D eigenvalue weighted by Gasteiger charge is -2.40. The highest BCUT2D eigenvalue weighted by Gasteiger charge is 2.41. The molecule has 2 N–H and O–H groups in total. The molecular formula is C13H19NO2. The van der Waals surface area contributed by atoms with Crippen molar-refractivity contribution < 1.29 is 9.84 Å². The average Bonchev–Trinajstić information content (AvgIpc) is 2.34. The minimum absolute atomic E-state index is 0.0198. The first kappa shape index (κ1) is 11.6. The molecule has 2 unspecified atom stereocenters. The zero-order valence-electron chi connectivity index (χ0n) is 9.65. The molecule has 1 heterocycles. The van der Waals surface area contributed by atoms with Crippen LogP contribution >= 0.6 is 0 Å². The molecule has 0 radical (unpaired) electrons. The fourth-order valence-corrected chi connectivity index (χ4v) is 2.23. The van der Waals surface area contributed by atoms with Crippen LogP contribution in [0.2, 0.25) is 0 Å². The van der Waals surface area contributed by atoms with Gasteiger partial charge in [-0.2, -0.15) is 0 Å². The summed E-state index contributed by atoms with van der Waals surface area (Å²) >= 11 is 0. The fourth-order valence-electron chi connectivity index (χ4n) is 2.23. The lowest BCUT2D eigenvalue weighted by Crippen LogP contribution is -2.55. The van der Waals surface area contributed by atoms with Crippen molar-refractivity contribution in [2.75, 3.05) is 13.2 Å². The quantitative estimate of drug-likeness (QED) is 0.815. The molecule has 1 aromatic rings. The van der Waals surface area contributed by atoms with E-state index in [2.05, 4.69) is 12.2 Å². The van der Waals surface area contributed by atoms with Gasteiger partial charge in [0.25, 0.3) is 0 Å². The van der Waals surface area contributed by atoms with Gasteiger partial charge in [-0.05, 0) is 6.42 Å². The molecule has 0 aliphatic carbocycles. The van der Waals surface area contributed by atoms with Crippen LogP contribution in [-0.2, 0) is 10.5 Å². The molecular weight excluding hydrogens is 202 g/mol. The highest BCUT2D eigenvalue weighted by atomic mass is 16.6. The van der Waals surface area contributed by atoms with Crippen LogP contribution in [0, 0.1) is 0 Å². The van der Waals surface area contributed by atoms with Crippen LogP contribution in [0.4, 0.5) is 0 Å². The Kier molecular flexibility index (Phi) is 3.59. The van der Waals surface area contributed by atoms with E-state index in [0.29, 0.717) is 6.61 Å². The Labute approximate surface area is 96.4 Å². The first-order valence-corrected chi connectivity index (χ1v) is 5.92. The smallest absolute Gasteiger partial charge is 0.208 e. The molecule has 0 saturated carbocycles. The van der Waals surface area contributed by atoms with Crippen LogP contribution in [0.3, 0.4) is 0 Å². The van der Waals surface area contributed by atoms with Crippen LogP contribution in [0.1, 0.15) is 25.3 Å². The third-order valence-corrected chi connectivity index (χ3v) is 3.05. The van der Waals surface area contributed by atoms with Crippen LogP contribution in [-0.4, -0.2) is 24.3 Å². The van der Waals surface area contributed by atoms with Crippen molar-refractivity contribution in [3.05, 3.63) is 35.9 Å². The molecule has 16 heavy (non-hydrogen) atoms. The summed E-state index contributed by atoms with van der Waals surface area (Å²) in [6.07, 6.45) is 1.93. The van der Waals surface area contributed by atoms with Crippen LogP contribution in [0.5, 0.6) is 0 Å². The minimum Gasteiger partial charge on any atom is -0.361 e. The Balaban J connectivity index is 2.26. The molecule has 1 fully saturated rings. The number of ether oxygens (including phenoxy) is 1. The van der Waals surface area contributed by atoms with E-state index in [1.54, 1.807) is 0 Å². The number of nitrogens with one attached hydrogen (secondary N) is 1. The van der Waals surface area contributed by atoms with E-state index in [1.807, 2.05) is 30.3 Å². The van der Waals surface area contributed by atoms with Gasteiger partial charge < -0.3 is 15.2 Å². The van der Waals surface area contributed by atoms with Crippen molar-refractivity contribution >= 4 is 0 Å². The number of rotatable bonds is 3. The van der Waals surface area contributed by atoms with Gasteiger partial charge in [0.2, 0.25) is 5.79 Å². The van der Waals surface area contributed by atoms with Gasteiger partial charge in [0.1, 0.15) is 0 Å². The maximum atomic E-state index is 10.6. The second-order valence-corrected chi connectivity index (χ2v) is 4.21. The third-order valence-electron chi connectivity index (χ3n) is 3.05. The van der Waals surface area contributed by atoms with Gasteiger partial charge in [0, 0.05) is 12.1 Å². The molecule has 1 saturated heterocycles. The first-order valence-electron chi connectivity index (χ1n) is 5.92. The molecule has 0 bridgehead atoms. The summed E-state index contributed by atoms with van der Waals surface area (Å²) in [6, 6.07) is 9.60. The average molecular weight is 221 g/mol. The molecule has 0 aromatic heterocycles. The van der Waals surface area contributed by atoms with E-state index in [-0.39, 0.29) is 6.04 Å². The number of hydrogen-bond donors (Lipinski definition) is 2. The first-order chi connectivity index (χ1) is 7.77. The number of aliphatic hydroxyl groups is 1. The molecule has 1 aliphatic heterocycles. The topological polar surface area (TPSA) is 41.5 Å². The largest absolute Gasteiger partial charge is 0.361 e. The summed E-state index contributed by atoms with van der Waals surface area (Å²) in [5.41, 5.74) is 0.834. The molecule has 1 aromatic carbocycles. The van der Waals surface area contributed by atoms with Gasteiger partial charge in [-0.3, -0.25) is 0 Å². The Hall–Kier alpha value is -0.900. The molecule has 88 valence electrons.